The smallest absolute Gasteiger partial charge is 0.273 e. The molecule has 6 heteroatoms. The van der Waals surface area contributed by atoms with Gasteiger partial charge in [0.25, 0.3) is 10.0 Å². The van der Waals surface area contributed by atoms with E-state index in [1.165, 1.54) is 15.6 Å². The van der Waals surface area contributed by atoms with E-state index >= 15 is 0 Å². The van der Waals surface area contributed by atoms with Gasteiger partial charge in [0.05, 0.1) is 5.69 Å². The van der Waals surface area contributed by atoms with Crippen LogP contribution in [0.3, 0.4) is 0 Å². The molecule has 0 aliphatic carbocycles. The number of nitrogens with zero attached hydrogens (tertiary/aromatic N) is 1. The molecule has 2 heterocycles. The second kappa shape index (κ2) is 4.54. The molecule has 0 radical (unpaired) electrons. The zero-order valence-electron chi connectivity index (χ0n) is 10.2. The summed E-state index contributed by atoms with van der Waals surface area (Å²) >= 11 is 1.24. The van der Waals surface area contributed by atoms with Crippen LogP contribution in [0, 0.1) is 0 Å². The summed E-state index contributed by atoms with van der Waals surface area (Å²) in [4.78, 5) is 0. The molecule has 1 aromatic carbocycles. The molecule has 0 saturated heterocycles. The van der Waals surface area contributed by atoms with E-state index in [2.05, 4.69) is 0 Å². The first-order valence-corrected chi connectivity index (χ1v) is 8.36. The average molecular weight is 294 g/mol. The number of hydrogen-bond donors (Lipinski definition) is 1. The maximum Gasteiger partial charge on any atom is 0.273 e. The molecule has 3 rings (SSSR count). The van der Waals surface area contributed by atoms with Gasteiger partial charge in [-0.05, 0) is 42.0 Å². The van der Waals surface area contributed by atoms with E-state index in [1.807, 2.05) is 12.1 Å². The Morgan fingerprint density at radius 2 is 2.11 bits per heavy atom. The number of hydrogen-bond acceptors (Lipinski definition) is 4. The first-order chi connectivity index (χ1) is 9.09. The van der Waals surface area contributed by atoms with Gasteiger partial charge in [-0.3, -0.25) is 4.31 Å². The Morgan fingerprint density at radius 1 is 1.26 bits per heavy atom. The van der Waals surface area contributed by atoms with Crippen LogP contribution in [0.1, 0.15) is 12.0 Å². The van der Waals surface area contributed by atoms with Crippen LogP contribution in [0.15, 0.2) is 39.9 Å². The van der Waals surface area contributed by atoms with Crippen molar-refractivity contribution in [3.8, 4) is 0 Å². The van der Waals surface area contributed by atoms with Gasteiger partial charge in [0.2, 0.25) is 0 Å². The predicted octanol–water partition coefficient (Wildman–Crippen LogP) is 2.47. The van der Waals surface area contributed by atoms with Crippen molar-refractivity contribution in [3.63, 3.8) is 0 Å². The summed E-state index contributed by atoms with van der Waals surface area (Å²) in [5.41, 5.74) is 8.14. The lowest BCUT2D eigenvalue weighted by Gasteiger charge is -2.30. The largest absolute Gasteiger partial charge is 0.399 e. The van der Waals surface area contributed by atoms with Crippen molar-refractivity contribution in [1.82, 2.24) is 0 Å². The van der Waals surface area contributed by atoms with Crippen LogP contribution in [-0.2, 0) is 16.4 Å². The summed E-state index contributed by atoms with van der Waals surface area (Å²) in [5, 5.41) is 1.77. The summed E-state index contributed by atoms with van der Waals surface area (Å²) < 4.78 is 27.1. The molecule has 1 aromatic heterocycles. The lowest BCUT2D eigenvalue weighted by atomic mass is 10.0. The van der Waals surface area contributed by atoms with E-state index in [1.54, 1.807) is 23.6 Å². The molecule has 0 amide bonds. The number of fused-ring (bicyclic) bond motifs is 1. The Bertz CT molecular complexity index is 693. The van der Waals surface area contributed by atoms with Crippen molar-refractivity contribution in [1.29, 1.82) is 0 Å². The van der Waals surface area contributed by atoms with E-state index in [9.17, 15) is 8.42 Å². The number of anilines is 2. The zero-order valence-corrected chi connectivity index (χ0v) is 11.9. The molecule has 0 saturated carbocycles. The van der Waals surface area contributed by atoms with E-state index in [4.69, 9.17) is 5.73 Å². The normalized spacial score (nSPS) is 15.3. The van der Waals surface area contributed by atoms with Gasteiger partial charge in [-0.15, -0.1) is 11.3 Å². The Labute approximate surface area is 116 Å². The molecular weight excluding hydrogens is 280 g/mol. The molecule has 2 aromatic rings. The summed E-state index contributed by atoms with van der Waals surface area (Å²) in [7, 11) is -3.45. The molecule has 0 fully saturated rings. The van der Waals surface area contributed by atoms with Crippen LogP contribution in [-0.4, -0.2) is 15.0 Å². The highest BCUT2D eigenvalue weighted by atomic mass is 32.2. The van der Waals surface area contributed by atoms with Crippen molar-refractivity contribution in [2.75, 3.05) is 16.6 Å². The molecule has 19 heavy (non-hydrogen) atoms. The fourth-order valence-electron chi connectivity index (χ4n) is 2.33. The summed E-state index contributed by atoms with van der Waals surface area (Å²) in [6, 6.07) is 8.88. The summed E-state index contributed by atoms with van der Waals surface area (Å²) in [6.07, 6.45) is 1.73. The molecule has 1 aliphatic heterocycles. The molecule has 1 aliphatic rings. The van der Waals surface area contributed by atoms with Crippen LogP contribution in [0.2, 0.25) is 0 Å². The highest BCUT2D eigenvalue weighted by Gasteiger charge is 2.29. The second-order valence-electron chi connectivity index (χ2n) is 4.50. The maximum atomic E-state index is 12.6. The fourth-order valence-corrected chi connectivity index (χ4v) is 4.96. The van der Waals surface area contributed by atoms with Crippen LogP contribution < -0.4 is 10.0 Å². The lowest BCUT2D eigenvalue weighted by Crippen LogP contribution is -2.35. The molecular formula is C13H14N2O2S2. The van der Waals surface area contributed by atoms with Crippen molar-refractivity contribution in [2.45, 2.75) is 17.1 Å². The molecule has 0 atom stereocenters. The van der Waals surface area contributed by atoms with Crippen LogP contribution >= 0.6 is 11.3 Å². The lowest BCUT2D eigenvalue weighted by molar-refractivity contribution is 0.588. The van der Waals surface area contributed by atoms with Gasteiger partial charge in [0, 0.05) is 12.2 Å². The molecule has 0 unspecified atom stereocenters. The summed E-state index contributed by atoms with van der Waals surface area (Å²) in [6.45, 7) is 0.511. The number of nitrogens with two attached hydrogens (primary N) is 1. The standard InChI is InChI=1S/C13H14N2O2S2/c14-11-6-5-10-3-1-7-15(12(10)9-11)19(16,17)13-4-2-8-18-13/h2,4-6,8-9H,1,3,7,14H2. The Balaban J connectivity index is 2.12. The number of benzene rings is 1. The SMILES string of the molecule is Nc1ccc2c(c1)N(S(=O)(=O)c1cccs1)CCC2. The Morgan fingerprint density at radius 3 is 2.84 bits per heavy atom. The summed E-state index contributed by atoms with van der Waals surface area (Å²) in [5.74, 6) is 0. The highest BCUT2D eigenvalue weighted by Crippen LogP contribution is 2.34. The fraction of sp³-hybridized carbons (Fsp3) is 0.231. The molecule has 4 nitrogen and oxygen atoms in total. The number of aryl methyl sites for hydroxylation is 1. The van der Waals surface area contributed by atoms with E-state index in [0.29, 0.717) is 16.4 Å². The van der Waals surface area contributed by atoms with Gasteiger partial charge < -0.3 is 5.73 Å². The van der Waals surface area contributed by atoms with Crippen LogP contribution in [0.5, 0.6) is 0 Å². The highest BCUT2D eigenvalue weighted by molar-refractivity contribution is 7.94. The van der Waals surface area contributed by atoms with Gasteiger partial charge in [0.1, 0.15) is 4.21 Å². The predicted molar refractivity (Wildman–Crippen MR) is 78.0 cm³/mol. The molecule has 0 bridgehead atoms. The monoisotopic (exact) mass is 294 g/mol. The van der Waals surface area contributed by atoms with E-state index in [0.717, 1.165) is 24.1 Å². The third-order valence-electron chi connectivity index (χ3n) is 3.22. The number of rotatable bonds is 2. The Kier molecular flexibility index (Phi) is 2.99. The molecule has 2 N–H and O–H groups in total. The van der Waals surface area contributed by atoms with E-state index < -0.39 is 10.0 Å². The van der Waals surface area contributed by atoms with Gasteiger partial charge in [0.15, 0.2) is 0 Å². The Hall–Kier alpha value is -1.53. The third kappa shape index (κ3) is 2.11. The van der Waals surface area contributed by atoms with E-state index in [-0.39, 0.29) is 0 Å². The van der Waals surface area contributed by atoms with Crippen molar-refractivity contribution in [2.24, 2.45) is 0 Å². The minimum absolute atomic E-state index is 0.378. The quantitative estimate of drug-likeness (QED) is 0.865. The first kappa shape index (κ1) is 12.5. The number of sulfonamides is 1. The number of nitrogen functional groups attached to an aromatic ring is 1. The third-order valence-corrected chi connectivity index (χ3v) is 6.41. The van der Waals surface area contributed by atoms with Gasteiger partial charge in [-0.25, -0.2) is 8.42 Å². The minimum Gasteiger partial charge on any atom is -0.399 e. The second-order valence-corrected chi connectivity index (χ2v) is 7.54. The molecule has 0 spiro atoms. The average Bonchev–Trinajstić information content (AvgIpc) is 2.92. The number of thiophene rings is 1. The topological polar surface area (TPSA) is 63.4 Å². The van der Waals surface area contributed by atoms with Crippen LogP contribution in [0.25, 0.3) is 0 Å². The van der Waals surface area contributed by atoms with Crippen LogP contribution in [0.4, 0.5) is 11.4 Å². The van der Waals surface area contributed by atoms with Crippen molar-refractivity contribution in [3.05, 3.63) is 41.3 Å². The van der Waals surface area contributed by atoms with Crippen molar-refractivity contribution >= 4 is 32.7 Å². The minimum atomic E-state index is -3.45. The maximum absolute atomic E-state index is 12.6. The van der Waals surface area contributed by atoms with Gasteiger partial charge in [-0.2, -0.15) is 0 Å². The molecule has 100 valence electrons. The zero-order chi connectivity index (χ0) is 13.5. The van der Waals surface area contributed by atoms with Crippen molar-refractivity contribution < 1.29 is 8.42 Å². The van der Waals surface area contributed by atoms with Gasteiger partial charge >= 0.3 is 0 Å². The first-order valence-electron chi connectivity index (χ1n) is 6.04. The van der Waals surface area contributed by atoms with Gasteiger partial charge in [-0.1, -0.05) is 12.1 Å².